The number of hydrogen-bond acceptors (Lipinski definition) is 5. The Bertz CT molecular complexity index is 1130. The minimum absolute atomic E-state index is 0.0135. The second-order valence-electron chi connectivity index (χ2n) is 7.54. The van der Waals surface area contributed by atoms with Crippen LogP contribution in [0.3, 0.4) is 0 Å². The first-order valence-corrected chi connectivity index (χ1v) is 11.8. The summed E-state index contributed by atoms with van der Waals surface area (Å²) in [7, 11) is 0. The van der Waals surface area contributed by atoms with Gasteiger partial charge >= 0.3 is 0 Å². The molecule has 0 spiro atoms. The number of rotatable bonds is 5. The van der Waals surface area contributed by atoms with Gasteiger partial charge in [0.25, 0.3) is 5.91 Å². The van der Waals surface area contributed by atoms with E-state index in [1.807, 2.05) is 53.1 Å². The van der Waals surface area contributed by atoms with Gasteiger partial charge in [0, 0.05) is 36.8 Å². The summed E-state index contributed by atoms with van der Waals surface area (Å²) in [6.45, 7) is 4.50. The predicted molar refractivity (Wildman–Crippen MR) is 130 cm³/mol. The molecular formula is C23H22Cl2N4O2S. The van der Waals surface area contributed by atoms with E-state index in [4.69, 9.17) is 23.2 Å². The number of carbonyl (C=O) groups is 2. The molecule has 1 saturated heterocycles. The lowest BCUT2D eigenvalue weighted by Gasteiger charge is -2.34. The molecule has 1 aliphatic rings. The molecule has 1 aromatic heterocycles. The molecule has 0 atom stereocenters. The van der Waals surface area contributed by atoms with Crippen LogP contribution in [-0.4, -0.2) is 59.3 Å². The highest BCUT2D eigenvalue weighted by molar-refractivity contribution is 7.17. The lowest BCUT2D eigenvalue weighted by Crippen LogP contribution is -2.50. The van der Waals surface area contributed by atoms with Crippen LogP contribution in [0.4, 0.5) is 5.69 Å². The Morgan fingerprint density at radius 3 is 2.41 bits per heavy atom. The highest BCUT2D eigenvalue weighted by atomic mass is 35.5. The summed E-state index contributed by atoms with van der Waals surface area (Å²) in [5.41, 5.74) is 2.27. The van der Waals surface area contributed by atoms with Gasteiger partial charge in [-0.2, -0.15) is 0 Å². The maximum Gasteiger partial charge on any atom is 0.265 e. The average Bonchev–Trinajstić information content (AvgIpc) is 3.17. The van der Waals surface area contributed by atoms with Gasteiger partial charge in [-0.05, 0) is 31.2 Å². The summed E-state index contributed by atoms with van der Waals surface area (Å²) >= 11 is 13.5. The van der Waals surface area contributed by atoms with Crippen LogP contribution in [0.5, 0.6) is 0 Å². The first-order chi connectivity index (χ1) is 15.4. The number of piperazine rings is 1. The van der Waals surface area contributed by atoms with Crippen molar-refractivity contribution in [1.29, 1.82) is 0 Å². The van der Waals surface area contributed by atoms with E-state index >= 15 is 0 Å². The summed E-state index contributed by atoms with van der Waals surface area (Å²) < 4.78 is 0. The Kier molecular flexibility index (Phi) is 7.10. The number of nitrogens with zero attached hydrogens (tertiary/aromatic N) is 3. The molecule has 6 nitrogen and oxygen atoms in total. The second-order valence-corrected chi connectivity index (χ2v) is 9.38. The highest BCUT2D eigenvalue weighted by Crippen LogP contribution is 2.30. The number of thiazole rings is 1. The van der Waals surface area contributed by atoms with Crippen molar-refractivity contribution in [2.75, 3.05) is 38.0 Å². The summed E-state index contributed by atoms with van der Waals surface area (Å²) in [5.74, 6) is -0.135. The number of hydrogen-bond donors (Lipinski definition) is 1. The topological polar surface area (TPSA) is 65.5 Å². The predicted octanol–water partition coefficient (Wildman–Crippen LogP) is 4.82. The largest absolute Gasteiger partial charge is 0.335 e. The van der Waals surface area contributed by atoms with Crippen LogP contribution < -0.4 is 5.32 Å². The molecule has 1 N–H and O–H groups in total. The molecule has 3 aromatic rings. The van der Waals surface area contributed by atoms with E-state index in [9.17, 15) is 9.59 Å². The number of anilines is 1. The van der Waals surface area contributed by atoms with E-state index in [-0.39, 0.29) is 18.4 Å². The first-order valence-electron chi connectivity index (χ1n) is 10.2. The van der Waals surface area contributed by atoms with Gasteiger partial charge in [0.1, 0.15) is 9.88 Å². The van der Waals surface area contributed by atoms with Crippen LogP contribution in [0.25, 0.3) is 10.6 Å². The van der Waals surface area contributed by atoms with Gasteiger partial charge < -0.3 is 10.2 Å². The van der Waals surface area contributed by atoms with Gasteiger partial charge in [-0.25, -0.2) is 4.98 Å². The molecule has 0 aliphatic carbocycles. The average molecular weight is 489 g/mol. The molecule has 1 aliphatic heterocycles. The number of carbonyl (C=O) groups excluding carboxylic acids is 2. The lowest BCUT2D eigenvalue weighted by atomic mass is 10.2. The molecule has 0 unspecified atom stereocenters. The quantitative estimate of drug-likeness (QED) is 0.558. The van der Waals surface area contributed by atoms with Crippen molar-refractivity contribution in [3.05, 3.63) is 69.1 Å². The number of amides is 2. The first kappa shape index (κ1) is 22.7. The number of para-hydroxylation sites is 1. The molecular weight excluding hydrogens is 467 g/mol. The summed E-state index contributed by atoms with van der Waals surface area (Å²) in [6.07, 6.45) is 0. The minimum atomic E-state index is -0.121. The van der Waals surface area contributed by atoms with Gasteiger partial charge in [-0.1, -0.05) is 47.5 Å². The third-order valence-corrected chi connectivity index (χ3v) is 7.03. The van der Waals surface area contributed by atoms with Crippen molar-refractivity contribution in [2.24, 2.45) is 0 Å². The Hall–Kier alpha value is -2.45. The summed E-state index contributed by atoms with van der Waals surface area (Å²) in [5, 5.41) is 4.81. The molecule has 0 bridgehead atoms. The fourth-order valence-corrected chi connectivity index (χ4v) is 4.87. The van der Waals surface area contributed by atoms with Crippen LogP contribution in [0.2, 0.25) is 10.0 Å². The van der Waals surface area contributed by atoms with Gasteiger partial charge in [0.2, 0.25) is 5.91 Å². The molecule has 32 heavy (non-hydrogen) atoms. The van der Waals surface area contributed by atoms with Crippen LogP contribution >= 0.6 is 34.5 Å². The molecule has 2 amide bonds. The molecule has 2 aromatic carbocycles. The van der Waals surface area contributed by atoms with Crippen molar-refractivity contribution in [3.63, 3.8) is 0 Å². The number of nitrogens with one attached hydrogen (secondary N) is 1. The monoisotopic (exact) mass is 488 g/mol. The van der Waals surface area contributed by atoms with Crippen LogP contribution in [0, 0.1) is 6.92 Å². The third-order valence-electron chi connectivity index (χ3n) is 5.26. The third kappa shape index (κ3) is 5.30. The zero-order valence-corrected chi connectivity index (χ0v) is 19.8. The fraction of sp³-hybridized carbons (Fsp3) is 0.261. The zero-order valence-electron chi connectivity index (χ0n) is 17.5. The Balaban J connectivity index is 1.33. The second kappa shape index (κ2) is 10.0. The van der Waals surface area contributed by atoms with E-state index in [1.165, 1.54) is 11.3 Å². The van der Waals surface area contributed by atoms with Gasteiger partial charge in [0.05, 0.1) is 22.9 Å². The van der Waals surface area contributed by atoms with Crippen molar-refractivity contribution in [1.82, 2.24) is 14.8 Å². The van der Waals surface area contributed by atoms with E-state index in [2.05, 4.69) is 10.3 Å². The number of halogens is 2. The van der Waals surface area contributed by atoms with Crippen molar-refractivity contribution in [3.8, 4) is 10.6 Å². The van der Waals surface area contributed by atoms with Crippen LogP contribution in [0.1, 0.15) is 15.4 Å². The minimum Gasteiger partial charge on any atom is -0.335 e. The van der Waals surface area contributed by atoms with Gasteiger partial charge in [-0.3, -0.25) is 14.5 Å². The van der Waals surface area contributed by atoms with Crippen molar-refractivity contribution in [2.45, 2.75) is 6.92 Å². The number of aryl methyl sites for hydroxylation is 1. The lowest BCUT2D eigenvalue weighted by molar-refractivity contribution is -0.117. The Morgan fingerprint density at radius 2 is 1.72 bits per heavy atom. The van der Waals surface area contributed by atoms with E-state index in [0.29, 0.717) is 46.8 Å². The maximum absolute atomic E-state index is 13.1. The molecule has 9 heteroatoms. The molecule has 1 fully saturated rings. The van der Waals surface area contributed by atoms with Crippen LogP contribution in [-0.2, 0) is 4.79 Å². The summed E-state index contributed by atoms with van der Waals surface area (Å²) in [4.78, 5) is 34.6. The Morgan fingerprint density at radius 1 is 1.03 bits per heavy atom. The smallest absolute Gasteiger partial charge is 0.265 e. The standard InChI is InChI=1S/C23H22Cl2N4O2S/c1-15-21(32-22(26-15)16-6-8-17(24)9-7-16)23(31)29-12-10-28(11-13-29)14-20(30)27-19-5-3-2-4-18(19)25/h2-9H,10-14H2,1H3,(H,27,30). The Labute approximate surface area is 200 Å². The molecule has 0 saturated carbocycles. The van der Waals surface area contributed by atoms with Gasteiger partial charge in [-0.15, -0.1) is 11.3 Å². The SMILES string of the molecule is Cc1nc(-c2ccc(Cl)cc2)sc1C(=O)N1CCN(CC(=O)Nc2ccccc2Cl)CC1. The van der Waals surface area contributed by atoms with Gasteiger partial charge in [0.15, 0.2) is 0 Å². The summed E-state index contributed by atoms with van der Waals surface area (Å²) in [6, 6.07) is 14.6. The van der Waals surface area contributed by atoms with Crippen molar-refractivity contribution >= 4 is 52.0 Å². The van der Waals surface area contributed by atoms with Crippen molar-refractivity contribution < 1.29 is 9.59 Å². The maximum atomic E-state index is 13.1. The molecule has 0 radical (unpaired) electrons. The normalized spacial score (nSPS) is 14.4. The zero-order chi connectivity index (χ0) is 22.7. The molecule has 2 heterocycles. The van der Waals surface area contributed by atoms with Crippen LogP contribution in [0.15, 0.2) is 48.5 Å². The highest BCUT2D eigenvalue weighted by Gasteiger charge is 2.26. The molecule has 4 rings (SSSR count). The van der Waals surface area contributed by atoms with E-state index in [1.54, 1.807) is 12.1 Å². The van der Waals surface area contributed by atoms with E-state index < -0.39 is 0 Å². The number of aromatic nitrogens is 1. The fourth-order valence-electron chi connectivity index (χ4n) is 3.52. The number of benzene rings is 2. The van der Waals surface area contributed by atoms with E-state index in [0.717, 1.165) is 16.3 Å². The molecule has 166 valence electrons.